The molecule has 0 unspecified atom stereocenters. The van der Waals surface area contributed by atoms with Gasteiger partial charge in [-0.15, -0.1) is 0 Å². The third kappa shape index (κ3) is 4.26. The minimum absolute atomic E-state index is 0.150. The summed E-state index contributed by atoms with van der Waals surface area (Å²) in [4.78, 5) is 21.3. The third-order valence-electron chi connectivity index (χ3n) is 3.69. The zero-order valence-corrected chi connectivity index (χ0v) is 15.4. The number of furan rings is 1. The summed E-state index contributed by atoms with van der Waals surface area (Å²) in [6.07, 6.45) is 0. The van der Waals surface area contributed by atoms with Crippen molar-refractivity contribution >= 4 is 22.9 Å². The van der Waals surface area contributed by atoms with Crippen LogP contribution in [0.3, 0.4) is 0 Å². The molecule has 0 saturated heterocycles. The maximum Gasteiger partial charge on any atom is 0.327 e. The number of ether oxygens (including phenoxy) is 1. The lowest BCUT2D eigenvalue weighted by Gasteiger charge is -2.06. The molecule has 0 spiro atoms. The number of hydrogen-bond donors (Lipinski definition) is 1. The monoisotopic (exact) mass is 362 g/mol. The van der Waals surface area contributed by atoms with Gasteiger partial charge in [-0.2, -0.15) is 16.7 Å². The van der Waals surface area contributed by atoms with Crippen LogP contribution in [0.2, 0.25) is 0 Å². The molecule has 0 bridgehead atoms. The molecule has 0 aromatic carbocycles. The Hall–Kier alpha value is -2.19. The normalized spacial score (nSPS) is 11.5. The second-order valence-corrected chi connectivity index (χ2v) is 7.07. The van der Waals surface area contributed by atoms with Gasteiger partial charge < -0.3 is 19.0 Å². The van der Waals surface area contributed by atoms with E-state index in [9.17, 15) is 4.79 Å². The topological polar surface area (TPSA) is 76.3 Å². The Bertz CT molecular complexity index is 897. The molecule has 0 aliphatic rings. The van der Waals surface area contributed by atoms with Gasteiger partial charge >= 0.3 is 5.69 Å². The largest absolute Gasteiger partial charge is 0.481 e. The SMILES string of the molecule is COc1ccc2[nH]c(=O)n(CCSCc3ccc(CN(C)C)o3)c2n1. The van der Waals surface area contributed by atoms with Gasteiger partial charge in [-0.25, -0.2) is 4.79 Å². The second-order valence-electron chi connectivity index (χ2n) is 5.96. The van der Waals surface area contributed by atoms with Crippen LogP contribution in [0.25, 0.3) is 11.2 Å². The Morgan fingerprint density at radius 2 is 2.08 bits per heavy atom. The molecule has 0 amide bonds. The summed E-state index contributed by atoms with van der Waals surface area (Å²) in [7, 11) is 5.59. The molecule has 7 nitrogen and oxygen atoms in total. The van der Waals surface area contributed by atoms with E-state index in [1.165, 1.54) is 0 Å². The number of thioether (sulfide) groups is 1. The number of aromatic nitrogens is 3. The highest BCUT2D eigenvalue weighted by Crippen LogP contribution is 2.18. The van der Waals surface area contributed by atoms with E-state index in [-0.39, 0.29) is 5.69 Å². The molecule has 0 aliphatic carbocycles. The highest BCUT2D eigenvalue weighted by molar-refractivity contribution is 7.98. The van der Waals surface area contributed by atoms with E-state index in [2.05, 4.69) is 14.9 Å². The maximum atomic E-state index is 12.1. The van der Waals surface area contributed by atoms with Gasteiger partial charge in [-0.3, -0.25) is 4.57 Å². The average molecular weight is 362 g/mol. The van der Waals surface area contributed by atoms with Gasteiger partial charge in [0.1, 0.15) is 11.5 Å². The molecule has 25 heavy (non-hydrogen) atoms. The highest BCUT2D eigenvalue weighted by atomic mass is 32.2. The molecule has 3 rings (SSSR count). The van der Waals surface area contributed by atoms with Crippen LogP contribution in [0.5, 0.6) is 5.88 Å². The fraction of sp³-hybridized carbons (Fsp3) is 0.412. The number of pyridine rings is 1. The Morgan fingerprint density at radius 1 is 1.28 bits per heavy atom. The van der Waals surface area contributed by atoms with Crippen LogP contribution in [-0.2, 0) is 18.8 Å². The fourth-order valence-electron chi connectivity index (χ4n) is 2.56. The molecule has 0 saturated carbocycles. The van der Waals surface area contributed by atoms with Crippen LogP contribution >= 0.6 is 11.8 Å². The van der Waals surface area contributed by atoms with E-state index < -0.39 is 0 Å². The quantitative estimate of drug-likeness (QED) is 0.620. The predicted octanol–water partition coefficient (Wildman–Crippen LogP) is 2.32. The summed E-state index contributed by atoms with van der Waals surface area (Å²) in [6.45, 7) is 1.37. The van der Waals surface area contributed by atoms with Gasteiger partial charge in [0.15, 0.2) is 5.65 Å². The third-order valence-corrected chi connectivity index (χ3v) is 4.65. The Labute approximate surface area is 150 Å². The number of imidazole rings is 1. The molecule has 0 aliphatic heterocycles. The summed E-state index contributed by atoms with van der Waals surface area (Å²) in [6, 6.07) is 7.56. The smallest absolute Gasteiger partial charge is 0.327 e. The second kappa shape index (κ2) is 7.79. The van der Waals surface area contributed by atoms with Crippen molar-refractivity contribution in [3.8, 4) is 5.88 Å². The van der Waals surface area contributed by atoms with Crippen molar-refractivity contribution in [3.63, 3.8) is 0 Å². The van der Waals surface area contributed by atoms with Gasteiger partial charge in [-0.1, -0.05) is 0 Å². The van der Waals surface area contributed by atoms with Gasteiger partial charge in [0.2, 0.25) is 5.88 Å². The molecule has 3 heterocycles. The number of rotatable bonds is 8. The number of fused-ring (bicyclic) bond motifs is 1. The van der Waals surface area contributed by atoms with Crippen molar-refractivity contribution in [2.75, 3.05) is 27.0 Å². The fourth-order valence-corrected chi connectivity index (χ4v) is 3.37. The maximum absolute atomic E-state index is 12.1. The lowest BCUT2D eigenvalue weighted by molar-refractivity contribution is 0.344. The van der Waals surface area contributed by atoms with Gasteiger partial charge in [0.05, 0.1) is 24.9 Å². The lowest BCUT2D eigenvalue weighted by Crippen LogP contribution is -2.18. The molecule has 8 heteroatoms. The molecule has 0 atom stereocenters. The van der Waals surface area contributed by atoms with Crippen LogP contribution in [0.1, 0.15) is 11.5 Å². The number of methoxy groups -OCH3 is 1. The van der Waals surface area contributed by atoms with E-state index in [4.69, 9.17) is 9.15 Å². The van der Waals surface area contributed by atoms with E-state index in [1.54, 1.807) is 35.6 Å². The highest BCUT2D eigenvalue weighted by Gasteiger charge is 2.09. The van der Waals surface area contributed by atoms with Gasteiger partial charge in [-0.05, 0) is 32.3 Å². The van der Waals surface area contributed by atoms with Gasteiger partial charge in [0.25, 0.3) is 0 Å². The number of hydrogen-bond acceptors (Lipinski definition) is 6. The number of aryl methyl sites for hydroxylation is 1. The van der Waals surface area contributed by atoms with Gasteiger partial charge in [0, 0.05) is 18.4 Å². The lowest BCUT2D eigenvalue weighted by atomic mass is 10.4. The molecule has 134 valence electrons. The first-order valence-corrected chi connectivity index (χ1v) is 9.16. The molecular weight excluding hydrogens is 340 g/mol. The molecule has 1 N–H and O–H groups in total. The summed E-state index contributed by atoms with van der Waals surface area (Å²) in [5, 5.41) is 0. The first-order chi connectivity index (χ1) is 12.1. The van der Waals surface area contributed by atoms with Crippen molar-refractivity contribution in [2.45, 2.75) is 18.8 Å². The van der Waals surface area contributed by atoms with Crippen molar-refractivity contribution in [3.05, 3.63) is 46.3 Å². The van der Waals surface area contributed by atoms with Crippen molar-refractivity contribution in [1.82, 2.24) is 19.4 Å². The van der Waals surface area contributed by atoms with Crippen LogP contribution < -0.4 is 10.4 Å². The average Bonchev–Trinajstić information content (AvgIpc) is 3.14. The predicted molar refractivity (Wildman–Crippen MR) is 99.2 cm³/mol. The van der Waals surface area contributed by atoms with Crippen molar-refractivity contribution in [2.24, 2.45) is 0 Å². The summed E-state index contributed by atoms with van der Waals surface area (Å²) >= 11 is 1.72. The number of nitrogens with one attached hydrogen (secondary N) is 1. The number of H-pyrrole nitrogens is 1. The van der Waals surface area contributed by atoms with Crippen molar-refractivity contribution < 1.29 is 9.15 Å². The minimum Gasteiger partial charge on any atom is -0.481 e. The summed E-state index contributed by atoms with van der Waals surface area (Å²) in [5.74, 6) is 3.98. The minimum atomic E-state index is -0.150. The Morgan fingerprint density at radius 3 is 2.84 bits per heavy atom. The Balaban J connectivity index is 1.59. The van der Waals surface area contributed by atoms with E-state index in [0.29, 0.717) is 18.1 Å². The molecular formula is C17H22N4O3S. The van der Waals surface area contributed by atoms with Crippen LogP contribution in [-0.4, -0.2) is 46.4 Å². The zero-order chi connectivity index (χ0) is 17.8. The zero-order valence-electron chi connectivity index (χ0n) is 14.6. The van der Waals surface area contributed by atoms with E-state index in [0.717, 1.165) is 35.1 Å². The standard InChI is InChI=1S/C17H22N4O3S/c1-20(2)10-12-4-5-13(24-12)11-25-9-8-21-16-14(18-17(21)22)6-7-15(19-16)23-3/h4-7H,8-11H2,1-3H3,(H,18,22). The first-order valence-electron chi connectivity index (χ1n) is 8.00. The summed E-state index contributed by atoms with van der Waals surface area (Å²) in [5.41, 5.74) is 1.19. The Kier molecular flexibility index (Phi) is 5.50. The van der Waals surface area contributed by atoms with Crippen LogP contribution in [0, 0.1) is 0 Å². The number of aromatic amines is 1. The van der Waals surface area contributed by atoms with Crippen LogP contribution in [0.4, 0.5) is 0 Å². The molecule has 3 aromatic heterocycles. The van der Waals surface area contributed by atoms with Crippen molar-refractivity contribution in [1.29, 1.82) is 0 Å². The summed E-state index contributed by atoms with van der Waals surface area (Å²) < 4.78 is 12.6. The molecule has 3 aromatic rings. The number of nitrogens with zero attached hydrogens (tertiary/aromatic N) is 3. The molecule has 0 radical (unpaired) electrons. The van der Waals surface area contributed by atoms with Crippen LogP contribution in [0.15, 0.2) is 33.5 Å². The first kappa shape index (κ1) is 17.6. The van der Waals surface area contributed by atoms with E-state index >= 15 is 0 Å². The molecule has 0 fully saturated rings. The van der Waals surface area contributed by atoms with E-state index in [1.807, 2.05) is 26.2 Å².